The number of aliphatic carboxylic acids is 1. The first-order chi connectivity index (χ1) is 18.8. The molecule has 0 aliphatic rings. The molecule has 3 rings (SSSR count). The van der Waals surface area contributed by atoms with Crippen molar-refractivity contribution >= 4 is 57.6 Å². The number of carboxylic acid groups (broad SMARTS) is 1. The maximum atomic E-state index is 13.3. The molecule has 0 saturated heterocycles. The SMILES string of the molecule is COc1cccc(P(=O)(C#Cc2cc(Cl)c(C(=O)NC(Cc3cccc(S(C)(=O)=O)c3)C(=O)O)c(Cl)c2)OC)c1. The molecule has 0 aliphatic heterocycles. The van der Waals surface area contributed by atoms with Gasteiger partial charge in [-0.05, 0) is 53.7 Å². The minimum atomic E-state index is -3.61. The number of carbonyl (C=O) groups is 2. The van der Waals surface area contributed by atoms with Crippen molar-refractivity contribution in [3.63, 3.8) is 0 Å². The number of hydrogen-bond donors (Lipinski definition) is 2. The van der Waals surface area contributed by atoms with Gasteiger partial charge in [0.15, 0.2) is 9.84 Å². The second-order valence-electron chi connectivity index (χ2n) is 8.48. The fraction of sp³-hybridized carbons (Fsp3) is 0.185. The van der Waals surface area contributed by atoms with Gasteiger partial charge in [0.1, 0.15) is 11.8 Å². The Bertz CT molecular complexity index is 1660. The standard InChI is InChI=1S/C27H24Cl2NO8PS/c1-37-19-7-5-8-20(16-19)39(34,38-2)11-10-18-13-22(28)25(23(29)14-18)26(31)30-24(27(32)33)15-17-6-4-9-21(12-17)40(3,35)36/h4-9,12-14,16,24H,15H2,1-3H3,(H,30,31)(H,32,33). The summed E-state index contributed by atoms with van der Waals surface area (Å²) in [5, 5.41) is 12.1. The largest absolute Gasteiger partial charge is 0.497 e. The number of methoxy groups -OCH3 is 1. The van der Waals surface area contributed by atoms with Gasteiger partial charge in [0, 0.05) is 25.3 Å². The first-order valence-corrected chi connectivity index (χ1v) is 15.7. The maximum Gasteiger partial charge on any atom is 0.326 e. The number of amides is 1. The molecule has 0 fully saturated rings. The van der Waals surface area contributed by atoms with Crippen LogP contribution < -0.4 is 15.4 Å². The van der Waals surface area contributed by atoms with Gasteiger partial charge in [0.25, 0.3) is 5.91 Å². The van der Waals surface area contributed by atoms with Gasteiger partial charge in [-0.3, -0.25) is 9.36 Å². The predicted molar refractivity (Wildman–Crippen MR) is 153 cm³/mol. The molecule has 0 heterocycles. The highest BCUT2D eigenvalue weighted by atomic mass is 35.5. The second-order valence-corrected chi connectivity index (χ2v) is 13.5. The number of nitrogens with one attached hydrogen (secondary N) is 1. The van der Waals surface area contributed by atoms with Gasteiger partial charge in [-0.2, -0.15) is 0 Å². The third kappa shape index (κ3) is 7.66. The summed E-state index contributed by atoms with van der Waals surface area (Å²) in [4.78, 5) is 24.9. The number of rotatable bonds is 9. The van der Waals surface area contributed by atoms with Crippen LogP contribution in [0.1, 0.15) is 21.5 Å². The van der Waals surface area contributed by atoms with E-state index in [2.05, 4.69) is 16.9 Å². The summed E-state index contributed by atoms with van der Waals surface area (Å²) in [5.41, 5.74) is 3.05. The first-order valence-electron chi connectivity index (χ1n) is 11.4. The van der Waals surface area contributed by atoms with Crippen LogP contribution in [0, 0.1) is 11.6 Å². The zero-order valence-corrected chi connectivity index (χ0v) is 24.7. The minimum absolute atomic E-state index is 0.0210. The topological polar surface area (TPSA) is 136 Å². The predicted octanol–water partition coefficient (Wildman–Crippen LogP) is 4.39. The van der Waals surface area contributed by atoms with Crippen LogP contribution in [-0.2, 0) is 30.1 Å². The van der Waals surface area contributed by atoms with Crippen molar-refractivity contribution in [1.29, 1.82) is 0 Å². The highest BCUT2D eigenvalue weighted by Gasteiger charge is 2.25. The van der Waals surface area contributed by atoms with E-state index in [1.165, 1.54) is 44.6 Å². The van der Waals surface area contributed by atoms with Gasteiger partial charge in [-0.1, -0.05) is 47.3 Å². The summed E-state index contributed by atoms with van der Waals surface area (Å²) in [5.74, 6) is 0.972. The van der Waals surface area contributed by atoms with Crippen molar-refractivity contribution in [2.24, 2.45) is 0 Å². The van der Waals surface area contributed by atoms with Gasteiger partial charge in [-0.15, -0.1) is 0 Å². The van der Waals surface area contributed by atoms with Crippen LogP contribution in [0.3, 0.4) is 0 Å². The van der Waals surface area contributed by atoms with Gasteiger partial charge in [0.2, 0.25) is 0 Å². The molecule has 3 aromatic rings. The highest BCUT2D eigenvalue weighted by molar-refractivity contribution is 7.90. The molecule has 40 heavy (non-hydrogen) atoms. The summed E-state index contributed by atoms with van der Waals surface area (Å²) in [7, 11) is -4.38. The van der Waals surface area contributed by atoms with Gasteiger partial charge < -0.3 is 19.7 Å². The quantitative estimate of drug-likeness (QED) is 0.265. The third-order valence-corrected chi connectivity index (χ3v) is 9.22. The van der Waals surface area contributed by atoms with E-state index in [4.69, 9.17) is 32.5 Å². The van der Waals surface area contributed by atoms with Crippen LogP contribution in [0.4, 0.5) is 0 Å². The van der Waals surface area contributed by atoms with Crippen molar-refractivity contribution in [2.45, 2.75) is 17.4 Å². The molecule has 0 saturated carbocycles. The Balaban J connectivity index is 1.86. The van der Waals surface area contributed by atoms with Crippen molar-refractivity contribution in [1.82, 2.24) is 5.32 Å². The Morgan fingerprint density at radius 3 is 2.27 bits per heavy atom. The number of carbonyl (C=O) groups excluding carboxylic acids is 1. The first kappa shape index (κ1) is 31.2. The molecule has 0 spiro atoms. The molecule has 210 valence electrons. The van der Waals surface area contributed by atoms with Crippen molar-refractivity contribution in [3.8, 4) is 17.3 Å². The zero-order valence-electron chi connectivity index (χ0n) is 21.5. The van der Waals surface area contributed by atoms with Crippen molar-refractivity contribution < 1.29 is 36.9 Å². The van der Waals surface area contributed by atoms with E-state index in [-0.39, 0.29) is 32.5 Å². The van der Waals surface area contributed by atoms with Gasteiger partial charge in [-0.25, -0.2) is 13.2 Å². The van der Waals surface area contributed by atoms with Crippen LogP contribution in [-0.4, -0.2) is 51.9 Å². The number of hydrogen-bond acceptors (Lipinski definition) is 7. The lowest BCUT2D eigenvalue weighted by atomic mass is 10.0. The Morgan fingerprint density at radius 2 is 1.70 bits per heavy atom. The lowest BCUT2D eigenvalue weighted by molar-refractivity contribution is -0.139. The molecule has 2 atom stereocenters. The molecule has 9 nitrogen and oxygen atoms in total. The van der Waals surface area contributed by atoms with Crippen LogP contribution in [0.15, 0.2) is 65.6 Å². The van der Waals surface area contributed by atoms with Crippen LogP contribution in [0.25, 0.3) is 0 Å². The van der Waals surface area contributed by atoms with Crippen molar-refractivity contribution in [3.05, 3.63) is 87.4 Å². The lowest BCUT2D eigenvalue weighted by Crippen LogP contribution is -2.42. The third-order valence-electron chi connectivity index (χ3n) is 5.64. The van der Waals surface area contributed by atoms with E-state index in [9.17, 15) is 27.7 Å². The van der Waals surface area contributed by atoms with Gasteiger partial charge in [0.05, 0.1) is 32.9 Å². The number of sulfone groups is 1. The van der Waals surface area contributed by atoms with Crippen LogP contribution in [0.5, 0.6) is 5.75 Å². The summed E-state index contributed by atoms with van der Waals surface area (Å²) >= 11 is 12.6. The number of halogens is 2. The van der Waals surface area contributed by atoms with E-state index in [1.807, 2.05) is 0 Å². The average Bonchev–Trinajstić information content (AvgIpc) is 2.90. The minimum Gasteiger partial charge on any atom is -0.497 e. The summed E-state index contributed by atoms with van der Waals surface area (Å²) < 4.78 is 47.4. The molecule has 2 unspecified atom stereocenters. The van der Waals surface area contributed by atoms with Crippen LogP contribution in [0.2, 0.25) is 10.0 Å². The van der Waals surface area contributed by atoms with E-state index in [1.54, 1.807) is 30.3 Å². The Kier molecular flexibility index (Phi) is 10.1. The normalized spacial score (nSPS) is 13.3. The molecular formula is C27H24Cl2NO8PS. The number of benzene rings is 3. The molecule has 0 bridgehead atoms. The average molecular weight is 624 g/mol. The Hall–Kier alpha value is -3.32. The van der Waals surface area contributed by atoms with Crippen LogP contribution >= 0.6 is 30.6 Å². The van der Waals surface area contributed by atoms with Crippen molar-refractivity contribution in [2.75, 3.05) is 20.5 Å². The Morgan fingerprint density at radius 1 is 1.05 bits per heavy atom. The fourth-order valence-corrected chi connectivity index (χ4v) is 6.22. The zero-order chi connectivity index (χ0) is 29.7. The molecule has 0 radical (unpaired) electrons. The monoisotopic (exact) mass is 623 g/mol. The second kappa shape index (κ2) is 12.9. The molecule has 1 amide bonds. The molecule has 0 aliphatic carbocycles. The summed E-state index contributed by atoms with van der Waals surface area (Å²) in [6.45, 7) is 0. The van der Waals surface area contributed by atoms with E-state index in [0.717, 1.165) is 6.26 Å². The van der Waals surface area contributed by atoms with E-state index < -0.39 is 35.1 Å². The van der Waals surface area contributed by atoms with E-state index in [0.29, 0.717) is 16.6 Å². The van der Waals surface area contributed by atoms with E-state index >= 15 is 0 Å². The van der Waals surface area contributed by atoms with Gasteiger partial charge >= 0.3 is 13.3 Å². The number of carboxylic acids is 1. The molecular weight excluding hydrogens is 600 g/mol. The Labute approximate surface area is 241 Å². The number of ether oxygens (including phenoxy) is 1. The molecule has 3 aromatic carbocycles. The molecule has 0 aromatic heterocycles. The fourth-order valence-electron chi connectivity index (χ4n) is 3.58. The summed E-state index contributed by atoms with van der Waals surface area (Å²) in [6.07, 6.45) is 0.841. The highest BCUT2D eigenvalue weighted by Crippen LogP contribution is 2.44. The molecule has 2 N–H and O–H groups in total. The molecule has 13 heteroatoms. The maximum absolute atomic E-state index is 13.3. The lowest BCUT2D eigenvalue weighted by Gasteiger charge is -2.16. The smallest absolute Gasteiger partial charge is 0.326 e. The summed E-state index contributed by atoms with van der Waals surface area (Å²) in [6, 6.07) is 13.5.